The number of amides is 2. The zero-order chi connectivity index (χ0) is 32.4. The molecule has 7 nitrogen and oxygen atoms in total. The van der Waals surface area contributed by atoms with Crippen molar-refractivity contribution in [3.05, 3.63) is 23.2 Å². The molecule has 234 valence electrons. The number of carbonyl (C=O) groups excluding carboxylic acids is 2. The molecule has 1 aromatic carbocycles. The van der Waals surface area contributed by atoms with Crippen molar-refractivity contribution in [2.45, 2.75) is 124 Å². The highest BCUT2D eigenvalue weighted by molar-refractivity contribution is 6.90. The lowest BCUT2D eigenvalue weighted by atomic mass is 9.85. The normalized spacial score (nSPS) is 14.9. The number of carboxylic acid groups (broad SMARTS) is 1. The molecule has 0 aromatic heterocycles. The van der Waals surface area contributed by atoms with E-state index in [2.05, 4.69) is 53.0 Å². The first-order chi connectivity index (χ1) is 19.1. The molecule has 1 saturated carbocycles. The van der Waals surface area contributed by atoms with E-state index in [1.54, 1.807) is 39.0 Å². The van der Waals surface area contributed by atoms with E-state index in [9.17, 15) is 19.5 Å². The lowest BCUT2D eigenvalue weighted by Gasteiger charge is -2.38. The number of benzene rings is 1. The van der Waals surface area contributed by atoms with E-state index in [-0.39, 0.29) is 5.02 Å². The highest BCUT2D eigenvalue weighted by atomic mass is 35.5. The maximum atomic E-state index is 14.0. The van der Waals surface area contributed by atoms with Gasteiger partial charge in [0.15, 0.2) is 0 Å². The fraction of sp³-hybridized carbons (Fsp3) is 0.667. The molecule has 0 heterocycles. The number of rotatable bonds is 9. The number of ether oxygens (including phenoxy) is 1. The molecule has 9 heteroatoms. The minimum atomic E-state index is -2.26. The number of carboxylic acids is 1. The van der Waals surface area contributed by atoms with E-state index in [1.807, 2.05) is 20.8 Å². The van der Waals surface area contributed by atoms with E-state index in [1.165, 1.54) is 9.80 Å². The molecule has 2 amide bonds. The van der Waals surface area contributed by atoms with Gasteiger partial charge in [-0.25, -0.2) is 9.59 Å². The molecule has 0 bridgehead atoms. The number of anilines is 2. The van der Waals surface area contributed by atoms with Gasteiger partial charge in [0.2, 0.25) is 0 Å². The van der Waals surface area contributed by atoms with Crippen LogP contribution < -0.4 is 9.80 Å². The van der Waals surface area contributed by atoms with Crippen molar-refractivity contribution in [2.24, 2.45) is 11.3 Å². The molecule has 1 aliphatic carbocycles. The molecule has 0 spiro atoms. The molecule has 1 unspecified atom stereocenters. The predicted octanol–water partition coefficient (Wildman–Crippen LogP) is 8.55. The van der Waals surface area contributed by atoms with Gasteiger partial charge in [0, 0.05) is 12.2 Å². The summed E-state index contributed by atoms with van der Waals surface area (Å²) in [6.07, 6.45) is 1.55. The molecule has 1 atom stereocenters. The zero-order valence-electron chi connectivity index (χ0n) is 27.6. The number of aliphatic carboxylic acids is 1. The zero-order valence-corrected chi connectivity index (χ0v) is 29.3. The minimum absolute atomic E-state index is 0.220. The topological polar surface area (TPSA) is 87.2 Å². The number of nitrogens with zero attached hydrogens (tertiary/aromatic N) is 2. The van der Waals surface area contributed by atoms with Crippen LogP contribution >= 0.6 is 11.6 Å². The molecule has 1 aliphatic rings. The van der Waals surface area contributed by atoms with Crippen LogP contribution in [0.25, 0.3) is 0 Å². The minimum Gasteiger partial charge on any atom is -0.480 e. The van der Waals surface area contributed by atoms with Gasteiger partial charge in [0.05, 0.1) is 10.7 Å². The first-order valence-corrected chi connectivity index (χ1v) is 17.6. The maximum absolute atomic E-state index is 14.0. The quantitative estimate of drug-likeness (QED) is 0.221. The fourth-order valence-electron chi connectivity index (χ4n) is 5.92. The van der Waals surface area contributed by atoms with Gasteiger partial charge in [-0.15, -0.1) is 5.54 Å². The average molecular weight is 619 g/mol. The van der Waals surface area contributed by atoms with E-state index >= 15 is 0 Å². The van der Waals surface area contributed by atoms with Crippen LogP contribution in [-0.2, 0) is 14.3 Å². The summed E-state index contributed by atoms with van der Waals surface area (Å²) < 4.78 is 5.66. The van der Waals surface area contributed by atoms with E-state index < -0.39 is 43.1 Å². The molecule has 1 aromatic rings. The Morgan fingerprint density at radius 3 is 1.90 bits per heavy atom. The summed E-state index contributed by atoms with van der Waals surface area (Å²) in [5.74, 6) is 1.56. The third-order valence-corrected chi connectivity index (χ3v) is 14.6. The summed E-state index contributed by atoms with van der Waals surface area (Å²) in [4.78, 5) is 42.6. The van der Waals surface area contributed by atoms with Crippen molar-refractivity contribution in [2.75, 3.05) is 16.3 Å². The summed E-state index contributed by atoms with van der Waals surface area (Å²) in [5.41, 5.74) is 3.63. The van der Waals surface area contributed by atoms with Crippen molar-refractivity contribution in [1.29, 1.82) is 0 Å². The van der Waals surface area contributed by atoms with Crippen LogP contribution in [0, 0.1) is 22.8 Å². The third-order valence-electron chi connectivity index (χ3n) is 8.03. The molecule has 0 radical (unpaired) electrons. The van der Waals surface area contributed by atoms with Crippen LogP contribution in [0.1, 0.15) is 95.9 Å². The Kier molecular flexibility index (Phi) is 11.4. The van der Waals surface area contributed by atoms with Crippen molar-refractivity contribution < 1.29 is 24.2 Å². The number of halogens is 1. The van der Waals surface area contributed by atoms with Crippen molar-refractivity contribution in [3.63, 3.8) is 0 Å². The highest BCUT2D eigenvalue weighted by Gasteiger charge is 2.43. The van der Waals surface area contributed by atoms with Gasteiger partial charge < -0.3 is 9.84 Å². The summed E-state index contributed by atoms with van der Waals surface area (Å²) in [6.45, 7) is 24.2. The van der Waals surface area contributed by atoms with Crippen LogP contribution in [0.3, 0.4) is 0 Å². The Morgan fingerprint density at radius 1 is 1.00 bits per heavy atom. The smallest absolute Gasteiger partial charge is 0.414 e. The lowest BCUT2D eigenvalue weighted by molar-refractivity contribution is -0.142. The molecule has 1 fully saturated rings. The van der Waals surface area contributed by atoms with E-state index in [4.69, 9.17) is 16.3 Å². The largest absolute Gasteiger partial charge is 0.480 e. The second kappa shape index (κ2) is 13.4. The molecule has 2 rings (SSSR count). The van der Waals surface area contributed by atoms with Gasteiger partial charge >= 0.3 is 18.0 Å². The number of carbonyl (C=O) groups is 3. The number of hydrogen-bond donors (Lipinski definition) is 1. The summed E-state index contributed by atoms with van der Waals surface area (Å²) in [5, 5.41) is 10.6. The van der Waals surface area contributed by atoms with Gasteiger partial charge in [0.25, 0.3) is 0 Å². The van der Waals surface area contributed by atoms with Crippen LogP contribution in [0.5, 0.6) is 0 Å². The predicted molar refractivity (Wildman–Crippen MR) is 175 cm³/mol. The van der Waals surface area contributed by atoms with Gasteiger partial charge in [0.1, 0.15) is 19.7 Å². The van der Waals surface area contributed by atoms with E-state index in [0.717, 1.165) is 12.8 Å². The lowest BCUT2D eigenvalue weighted by Crippen LogP contribution is -2.52. The van der Waals surface area contributed by atoms with Crippen molar-refractivity contribution in [3.8, 4) is 11.5 Å². The monoisotopic (exact) mass is 618 g/mol. The van der Waals surface area contributed by atoms with Crippen molar-refractivity contribution in [1.82, 2.24) is 0 Å². The third kappa shape index (κ3) is 8.54. The molecule has 0 saturated heterocycles. The maximum Gasteiger partial charge on any atom is 0.414 e. The Labute approximate surface area is 259 Å². The van der Waals surface area contributed by atoms with Gasteiger partial charge in [-0.2, -0.15) is 0 Å². The van der Waals surface area contributed by atoms with Crippen LogP contribution in [-0.4, -0.2) is 49.3 Å². The summed E-state index contributed by atoms with van der Waals surface area (Å²) in [6, 6.07) is 3.66. The molecule has 1 N–H and O–H groups in total. The molecular weight excluding hydrogens is 568 g/mol. The average Bonchev–Trinajstić information content (AvgIpc) is 3.62. The molecule has 42 heavy (non-hydrogen) atoms. The Morgan fingerprint density at radius 2 is 1.52 bits per heavy atom. The highest BCUT2D eigenvalue weighted by Crippen LogP contribution is 2.41. The Hall–Kier alpha value is -2.50. The van der Waals surface area contributed by atoms with Crippen molar-refractivity contribution >= 4 is 49.0 Å². The van der Waals surface area contributed by atoms with Gasteiger partial charge in [-0.3, -0.25) is 14.6 Å². The first kappa shape index (κ1) is 35.7. The standard InChI is InChI=1S/C33H51ClN2O5Si/c1-21(2)42(22(3)4,23(5)6)18-17-28(37)36(29(30(38)39)32(7,8)9)25-15-16-27(26(34)19-25)35(20-24-13-14-24)31(40)41-33(10,11)12/h15-16,19,21-24,29H,13-14,20H2,1-12H3,(H,38,39). The fourth-order valence-corrected chi connectivity index (χ4v) is 11.4. The molecule has 0 aliphatic heterocycles. The van der Waals surface area contributed by atoms with Gasteiger partial charge in [-0.05, 0) is 85.7 Å². The Bertz CT molecular complexity index is 1190. The second-order valence-electron chi connectivity index (χ2n) is 14.6. The van der Waals surface area contributed by atoms with Crippen LogP contribution in [0.4, 0.5) is 16.2 Å². The Balaban J connectivity index is 2.68. The van der Waals surface area contributed by atoms with Gasteiger partial charge in [-0.1, -0.05) is 73.9 Å². The van der Waals surface area contributed by atoms with E-state index in [0.29, 0.717) is 40.5 Å². The summed E-state index contributed by atoms with van der Waals surface area (Å²) >= 11 is 6.80. The van der Waals surface area contributed by atoms with Crippen LogP contribution in [0.15, 0.2) is 18.2 Å². The summed E-state index contributed by atoms with van der Waals surface area (Å²) in [7, 11) is -2.26. The second-order valence-corrected chi connectivity index (χ2v) is 20.6. The first-order valence-electron chi connectivity index (χ1n) is 15.0. The SMILES string of the molecule is CC(C)[Si](C#CC(=O)N(c1ccc(N(CC2CC2)C(=O)OC(C)(C)C)c(Cl)c1)C(C(=O)O)C(C)(C)C)(C(C)C)C(C)C. The number of hydrogen-bond acceptors (Lipinski definition) is 4. The van der Waals surface area contributed by atoms with Crippen LogP contribution in [0.2, 0.25) is 21.6 Å². The molecular formula is C33H51ClN2O5Si.